The van der Waals surface area contributed by atoms with Crippen molar-refractivity contribution in [2.45, 2.75) is 13.5 Å². The van der Waals surface area contributed by atoms with Crippen molar-refractivity contribution in [2.24, 2.45) is 5.10 Å². The van der Waals surface area contributed by atoms with Gasteiger partial charge in [0.25, 0.3) is 5.91 Å². The maximum atomic E-state index is 13.1. The number of aromatic nitrogens is 3. The summed E-state index contributed by atoms with van der Waals surface area (Å²) >= 11 is 0. The number of benzene rings is 2. The molecule has 0 bridgehead atoms. The minimum absolute atomic E-state index is 0.00228. The van der Waals surface area contributed by atoms with E-state index >= 15 is 0 Å². The number of halogens is 1. The predicted molar refractivity (Wildman–Crippen MR) is 113 cm³/mol. The number of H-pyrrole nitrogens is 1. The molecule has 0 unspecified atom stereocenters. The van der Waals surface area contributed by atoms with Gasteiger partial charge >= 0.3 is 5.69 Å². The molecule has 2 heterocycles. The van der Waals surface area contributed by atoms with Gasteiger partial charge in [-0.2, -0.15) is 10.1 Å². The number of para-hydroxylation sites is 1. The van der Waals surface area contributed by atoms with Crippen molar-refractivity contribution < 1.29 is 9.18 Å². The first-order valence-electron chi connectivity index (χ1n) is 9.33. The summed E-state index contributed by atoms with van der Waals surface area (Å²) < 4.78 is 15.2. The quantitative estimate of drug-likeness (QED) is 0.396. The topological polar surface area (TPSA) is 92.1 Å². The zero-order valence-corrected chi connectivity index (χ0v) is 16.1. The monoisotopic (exact) mass is 403 g/mol. The van der Waals surface area contributed by atoms with E-state index < -0.39 is 17.4 Å². The number of rotatable bonds is 5. The van der Waals surface area contributed by atoms with Crippen molar-refractivity contribution in [1.82, 2.24) is 20.0 Å². The number of nitrogens with one attached hydrogen (secondary N) is 2. The first-order valence-corrected chi connectivity index (χ1v) is 9.33. The van der Waals surface area contributed by atoms with Crippen LogP contribution < -0.4 is 11.1 Å². The molecule has 4 aromatic rings. The average molecular weight is 403 g/mol. The minimum atomic E-state index is -0.683. The van der Waals surface area contributed by atoms with Crippen molar-refractivity contribution in [3.05, 3.63) is 88.4 Å². The maximum Gasteiger partial charge on any atom is 0.346 e. The molecule has 0 radical (unpaired) electrons. The van der Waals surface area contributed by atoms with Crippen LogP contribution >= 0.6 is 0 Å². The Labute approximate surface area is 170 Å². The zero-order valence-electron chi connectivity index (χ0n) is 16.1. The van der Waals surface area contributed by atoms with Crippen LogP contribution in [0.15, 0.2) is 70.7 Å². The van der Waals surface area contributed by atoms with E-state index in [4.69, 9.17) is 0 Å². The Balaban J connectivity index is 1.56. The summed E-state index contributed by atoms with van der Waals surface area (Å²) in [5.74, 6) is -0.992. The Hall–Kier alpha value is -4.07. The number of carbonyl (C=O) groups excluding carboxylic acids is 1. The molecule has 0 saturated heterocycles. The molecule has 8 heteroatoms. The van der Waals surface area contributed by atoms with E-state index in [1.807, 2.05) is 37.4 Å². The molecule has 1 amide bonds. The summed E-state index contributed by atoms with van der Waals surface area (Å²) in [5.41, 5.74) is 4.46. The Bertz CT molecular complexity index is 1310. The van der Waals surface area contributed by atoms with Gasteiger partial charge in [0.1, 0.15) is 11.5 Å². The Kier molecular flexibility index (Phi) is 5.21. The van der Waals surface area contributed by atoms with Gasteiger partial charge in [0, 0.05) is 34.8 Å². The molecule has 2 aromatic heterocycles. The first kappa shape index (κ1) is 19.3. The second kappa shape index (κ2) is 8.12. The number of aromatic amines is 1. The van der Waals surface area contributed by atoms with E-state index in [0.717, 1.165) is 23.0 Å². The third-order valence-electron chi connectivity index (χ3n) is 4.66. The lowest BCUT2D eigenvalue weighted by molar-refractivity contribution is 0.0949. The summed E-state index contributed by atoms with van der Waals surface area (Å²) in [4.78, 5) is 30.6. The number of hydrogen-bond donors (Lipinski definition) is 2. The van der Waals surface area contributed by atoms with Gasteiger partial charge in [-0.25, -0.2) is 14.6 Å². The molecular formula is C22H18FN5O2. The van der Waals surface area contributed by atoms with Crippen LogP contribution in [0.3, 0.4) is 0 Å². The number of amides is 1. The highest BCUT2D eigenvalue weighted by atomic mass is 19.1. The van der Waals surface area contributed by atoms with Gasteiger partial charge in [-0.3, -0.25) is 4.79 Å². The molecule has 7 nitrogen and oxygen atoms in total. The van der Waals surface area contributed by atoms with Gasteiger partial charge in [-0.05, 0) is 43.3 Å². The molecule has 4 rings (SSSR count). The van der Waals surface area contributed by atoms with Gasteiger partial charge < -0.3 is 9.55 Å². The second-order valence-corrected chi connectivity index (χ2v) is 6.58. The molecule has 30 heavy (non-hydrogen) atoms. The van der Waals surface area contributed by atoms with E-state index in [9.17, 15) is 14.0 Å². The van der Waals surface area contributed by atoms with Crippen molar-refractivity contribution in [3.8, 4) is 11.3 Å². The van der Waals surface area contributed by atoms with Crippen LogP contribution in [0.1, 0.15) is 23.0 Å². The van der Waals surface area contributed by atoms with Crippen LogP contribution in [-0.2, 0) is 6.54 Å². The van der Waals surface area contributed by atoms with Crippen LogP contribution in [0.4, 0.5) is 4.39 Å². The van der Waals surface area contributed by atoms with Crippen LogP contribution in [0, 0.1) is 5.82 Å². The molecule has 0 aliphatic carbocycles. The van der Waals surface area contributed by atoms with Crippen LogP contribution in [0.25, 0.3) is 22.2 Å². The maximum absolute atomic E-state index is 13.1. The fourth-order valence-corrected chi connectivity index (χ4v) is 3.21. The molecule has 0 aliphatic heterocycles. The Morgan fingerprint density at radius 1 is 1.23 bits per heavy atom. The summed E-state index contributed by atoms with van der Waals surface area (Å²) in [7, 11) is 0. The van der Waals surface area contributed by atoms with Crippen LogP contribution in [0.2, 0.25) is 0 Å². The van der Waals surface area contributed by atoms with Gasteiger partial charge in [-0.1, -0.05) is 18.2 Å². The molecule has 0 spiro atoms. The van der Waals surface area contributed by atoms with Crippen LogP contribution in [-0.4, -0.2) is 26.7 Å². The standard InChI is InChI=1S/C22H18FN5O2/c1-2-28-13-15(17-5-3-4-6-20(17)28)12-24-27-21(29)19-11-18(25-22(30)26-19)14-7-9-16(23)10-8-14/h3-13H,2H2,1H3,(H,27,29)(H,25,26,30)/b24-12+. The zero-order chi connectivity index (χ0) is 21.1. The van der Waals surface area contributed by atoms with Gasteiger partial charge in [0.05, 0.1) is 11.9 Å². The van der Waals surface area contributed by atoms with Crippen molar-refractivity contribution in [3.63, 3.8) is 0 Å². The first-order chi connectivity index (χ1) is 14.5. The lowest BCUT2D eigenvalue weighted by atomic mass is 10.1. The average Bonchev–Trinajstić information content (AvgIpc) is 3.12. The van der Waals surface area contributed by atoms with Gasteiger partial charge in [-0.15, -0.1) is 0 Å². The van der Waals surface area contributed by atoms with Crippen molar-refractivity contribution in [1.29, 1.82) is 0 Å². The second-order valence-electron chi connectivity index (χ2n) is 6.58. The normalized spacial score (nSPS) is 11.3. The highest BCUT2D eigenvalue weighted by Gasteiger charge is 2.11. The summed E-state index contributed by atoms with van der Waals surface area (Å²) in [6.45, 7) is 2.86. The smallest absolute Gasteiger partial charge is 0.346 e. The summed E-state index contributed by atoms with van der Waals surface area (Å²) in [6.07, 6.45) is 3.52. The number of nitrogens with zero attached hydrogens (tertiary/aromatic N) is 3. The SMILES string of the molecule is CCn1cc(/C=N/NC(=O)c2cc(-c3ccc(F)cc3)nc(=O)[nH]2)c2ccccc21. The van der Waals surface area contributed by atoms with E-state index in [0.29, 0.717) is 5.56 Å². The molecule has 0 saturated carbocycles. The Morgan fingerprint density at radius 3 is 2.77 bits per heavy atom. The van der Waals surface area contributed by atoms with Gasteiger partial charge in [0.15, 0.2) is 0 Å². The number of fused-ring (bicyclic) bond motifs is 1. The highest BCUT2D eigenvalue weighted by molar-refractivity contribution is 6.00. The van der Waals surface area contributed by atoms with E-state index in [1.165, 1.54) is 30.3 Å². The van der Waals surface area contributed by atoms with Gasteiger partial charge in [0.2, 0.25) is 0 Å². The molecule has 0 aliphatic rings. The molecular weight excluding hydrogens is 385 g/mol. The fraction of sp³-hybridized carbons (Fsp3) is 0.0909. The lowest BCUT2D eigenvalue weighted by Gasteiger charge is -2.03. The molecule has 0 atom stereocenters. The van der Waals surface area contributed by atoms with E-state index in [1.54, 1.807) is 6.21 Å². The molecule has 150 valence electrons. The predicted octanol–water partition coefficient (Wildman–Crippen LogP) is 3.31. The summed E-state index contributed by atoms with van der Waals surface area (Å²) in [5, 5.41) is 5.05. The molecule has 0 fully saturated rings. The molecule has 2 N–H and O–H groups in total. The number of carbonyl (C=O) groups is 1. The number of hydrogen-bond acceptors (Lipinski definition) is 4. The lowest BCUT2D eigenvalue weighted by Crippen LogP contribution is -2.24. The van der Waals surface area contributed by atoms with E-state index in [-0.39, 0.29) is 11.4 Å². The third-order valence-corrected chi connectivity index (χ3v) is 4.66. The number of aryl methyl sites for hydroxylation is 1. The van der Waals surface area contributed by atoms with E-state index in [2.05, 4.69) is 25.1 Å². The Morgan fingerprint density at radius 2 is 2.00 bits per heavy atom. The summed E-state index contributed by atoms with van der Waals surface area (Å²) in [6, 6.07) is 14.8. The highest BCUT2D eigenvalue weighted by Crippen LogP contribution is 2.20. The van der Waals surface area contributed by atoms with Crippen molar-refractivity contribution >= 4 is 23.0 Å². The third kappa shape index (κ3) is 3.88. The largest absolute Gasteiger partial charge is 0.347 e. The van der Waals surface area contributed by atoms with Crippen molar-refractivity contribution in [2.75, 3.05) is 0 Å². The number of hydrazone groups is 1. The van der Waals surface area contributed by atoms with Crippen LogP contribution in [0.5, 0.6) is 0 Å². The molecule has 2 aromatic carbocycles. The fourth-order valence-electron chi connectivity index (χ4n) is 3.21. The minimum Gasteiger partial charge on any atom is -0.347 e.